The lowest BCUT2D eigenvalue weighted by Gasteiger charge is -2.18. The van der Waals surface area contributed by atoms with Gasteiger partial charge < -0.3 is 0 Å². The molecule has 1 aliphatic rings. The summed E-state index contributed by atoms with van der Waals surface area (Å²) in [6, 6.07) is 24.2. The number of nitrogens with one attached hydrogen (secondary N) is 1. The van der Waals surface area contributed by atoms with E-state index in [-0.39, 0.29) is 17.2 Å². The van der Waals surface area contributed by atoms with Gasteiger partial charge in [0, 0.05) is 17.8 Å². The molecule has 1 N–H and O–H groups in total. The summed E-state index contributed by atoms with van der Waals surface area (Å²) in [5.74, 6) is -0.176. The molecule has 2 aromatic carbocycles. The van der Waals surface area contributed by atoms with Crippen molar-refractivity contribution < 1.29 is 4.79 Å². The van der Waals surface area contributed by atoms with Gasteiger partial charge in [-0.2, -0.15) is 5.10 Å². The second-order valence-electron chi connectivity index (χ2n) is 6.47. The van der Waals surface area contributed by atoms with Gasteiger partial charge in [-0.15, -0.1) is 0 Å². The molecular formula is C22H19N3O. The van der Waals surface area contributed by atoms with E-state index in [4.69, 9.17) is 0 Å². The molecule has 1 heterocycles. The summed E-state index contributed by atoms with van der Waals surface area (Å²) in [7, 11) is 0. The fourth-order valence-corrected chi connectivity index (χ4v) is 3.55. The van der Waals surface area contributed by atoms with Gasteiger partial charge >= 0.3 is 0 Å². The summed E-state index contributed by atoms with van der Waals surface area (Å²) in [6.45, 7) is 0. The average molecular weight is 341 g/mol. The highest BCUT2D eigenvalue weighted by atomic mass is 16.2. The van der Waals surface area contributed by atoms with Gasteiger partial charge in [-0.05, 0) is 35.2 Å². The molecular weight excluding hydrogens is 322 g/mol. The van der Waals surface area contributed by atoms with E-state index in [9.17, 15) is 4.79 Å². The molecule has 0 spiro atoms. The number of hydrogen-bond acceptors (Lipinski definition) is 3. The van der Waals surface area contributed by atoms with Crippen molar-refractivity contribution in [2.24, 2.45) is 11.0 Å². The van der Waals surface area contributed by atoms with Crippen LogP contribution < -0.4 is 5.43 Å². The Morgan fingerprint density at radius 1 is 0.962 bits per heavy atom. The van der Waals surface area contributed by atoms with Crippen molar-refractivity contribution in [3.8, 4) is 0 Å². The Labute approximate surface area is 152 Å². The van der Waals surface area contributed by atoms with E-state index >= 15 is 0 Å². The fraction of sp³-hybridized carbons (Fsp3) is 0.136. The van der Waals surface area contributed by atoms with Crippen LogP contribution in [-0.2, 0) is 10.2 Å². The molecule has 1 saturated carbocycles. The normalized spacial score (nSPS) is 17.8. The number of benzene rings is 2. The highest BCUT2D eigenvalue weighted by molar-refractivity contribution is 5.87. The number of carbonyl (C=O) groups is 1. The Balaban J connectivity index is 1.55. The molecule has 0 aliphatic heterocycles. The summed E-state index contributed by atoms with van der Waals surface area (Å²) in [5, 5.41) is 4.10. The van der Waals surface area contributed by atoms with Crippen molar-refractivity contribution >= 4 is 12.1 Å². The molecule has 1 amide bonds. The summed E-state index contributed by atoms with van der Waals surface area (Å²) >= 11 is 0. The van der Waals surface area contributed by atoms with Crippen LogP contribution in [0.15, 0.2) is 90.3 Å². The molecule has 3 aromatic rings. The third-order valence-electron chi connectivity index (χ3n) is 4.95. The van der Waals surface area contributed by atoms with E-state index in [2.05, 4.69) is 39.8 Å². The first-order chi connectivity index (χ1) is 12.8. The number of amides is 1. The summed E-state index contributed by atoms with van der Waals surface area (Å²) < 4.78 is 0. The lowest BCUT2D eigenvalue weighted by molar-refractivity contribution is -0.122. The Bertz CT molecular complexity index is 868. The first-order valence-electron chi connectivity index (χ1n) is 8.65. The van der Waals surface area contributed by atoms with Gasteiger partial charge in [-0.25, -0.2) is 5.43 Å². The third-order valence-corrected chi connectivity index (χ3v) is 4.95. The van der Waals surface area contributed by atoms with Crippen LogP contribution >= 0.6 is 0 Å². The number of hydrazone groups is 1. The van der Waals surface area contributed by atoms with Crippen molar-refractivity contribution in [3.63, 3.8) is 0 Å². The SMILES string of the molecule is O=C(NN=Cc1ccncc1)[C@H]1CC1(c1ccccc1)c1ccccc1. The van der Waals surface area contributed by atoms with Crippen LogP contribution in [0.3, 0.4) is 0 Å². The van der Waals surface area contributed by atoms with Crippen LogP contribution in [0.5, 0.6) is 0 Å². The molecule has 1 fully saturated rings. The first kappa shape index (κ1) is 16.2. The van der Waals surface area contributed by atoms with Crippen LogP contribution in [0, 0.1) is 5.92 Å². The number of carbonyl (C=O) groups excluding carboxylic acids is 1. The molecule has 1 aliphatic carbocycles. The third kappa shape index (κ3) is 3.02. The van der Waals surface area contributed by atoms with Gasteiger partial charge in [0.25, 0.3) is 0 Å². The minimum absolute atomic E-state index is 0.0528. The topological polar surface area (TPSA) is 54.4 Å². The number of hydrogen-bond donors (Lipinski definition) is 1. The molecule has 4 rings (SSSR count). The molecule has 0 unspecified atom stereocenters. The molecule has 1 atom stereocenters. The Morgan fingerprint density at radius 2 is 1.54 bits per heavy atom. The largest absolute Gasteiger partial charge is 0.273 e. The molecule has 4 nitrogen and oxygen atoms in total. The maximum absolute atomic E-state index is 12.7. The smallest absolute Gasteiger partial charge is 0.244 e. The van der Waals surface area contributed by atoms with E-state index in [0.29, 0.717) is 0 Å². The highest BCUT2D eigenvalue weighted by Crippen LogP contribution is 2.58. The van der Waals surface area contributed by atoms with Gasteiger partial charge in [0.15, 0.2) is 0 Å². The monoisotopic (exact) mass is 341 g/mol. The van der Waals surface area contributed by atoms with Gasteiger partial charge in [-0.3, -0.25) is 9.78 Å². The van der Waals surface area contributed by atoms with Crippen molar-refractivity contribution in [1.82, 2.24) is 10.4 Å². The second-order valence-corrected chi connectivity index (χ2v) is 6.47. The molecule has 128 valence electrons. The number of aromatic nitrogens is 1. The first-order valence-corrected chi connectivity index (χ1v) is 8.65. The maximum Gasteiger partial charge on any atom is 0.244 e. The lowest BCUT2D eigenvalue weighted by atomic mass is 9.85. The van der Waals surface area contributed by atoms with Crippen LogP contribution in [0.2, 0.25) is 0 Å². The standard InChI is InChI=1S/C22H19N3O/c26-21(25-24-16-17-11-13-23-14-12-17)20-15-22(20,18-7-3-1-4-8-18)19-9-5-2-6-10-19/h1-14,16,20H,15H2,(H,25,26)/t20-/m1/s1. The lowest BCUT2D eigenvalue weighted by Crippen LogP contribution is -2.25. The van der Waals surface area contributed by atoms with Gasteiger partial charge in [-0.1, -0.05) is 60.7 Å². The zero-order chi connectivity index (χ0) is 17.8. The Morgan fingerprint density at radius 3 is 2.12 bits per heavy atom. The minimum atomic E-state index is -0.265. The predicted molar refractivity (Wildman–Crippen MR) is 102 cm³/mol. The maximum atomic E-state index is 12.7. The molecule has 0 radical (unpaired) electrons. The fourth-order valence-electron chi connectivity index (χ4n) is 3.55. The van der Waals surface area contributed by atoms with Crippen molar-refractivity contribution in [2.75, 3.05) is 0 Å². The number of nitrogens with zero attached hydrogens (tertiary/aromatic N) is 2. The Kier molecular flexibility index (Phi) is 4.32. The van der Waals surface area contributed by atoms with E-state index in [1.807, 2.05) is 48.5 Å². The zero-order valence-corrected chi connectivity index (χ0v) is 14.2. The van der Waals surface area contributed by atoms with Crippen LogP contribution in [0.4, 0.5) is 0 Å². The second kappa shape index (κ2) is 6.92. The highest BCUT2D eigenvalue weighted by Gasteiger charge is 2.60. The quantitative estimate of drug-likeness (QED) is 0.570. The molecule has 26 heavy (non-hydrogen) atoms. The summed E-state index contributed by atoms with van der Waals surface area (Å²) in [4.78, 5) is 16.7. The molecule has 4 heteroatoms. The average Bonchev–Trinajstić information content (AvgIpc) is 3.47. The van der Waals surface area contributed by atoms with E-state index in [0.717, 1.165) is 12.0 Å². The summed E-state index contributed by atoms with van der Waals surface area (Å²) in [5.41, 5.74) is 5.67. The van der Waals surface area contributed by atoms with Crippen molar-refractivity contribution in [3.05, 3.63) is 102 Å². The van der Waals surface area contributed by atoms with Gasteiger partial charge in [0.2, 0.25) is 5.91 Å². The molecule has 1 aromatic heterocycles. The van der Waals surface area contributed by atoms with E-state index < -0.39 is 0 Å². The zero-order valence-electron chi connectivity index (χ0n) is 14.2. The summed E-state index contributed by atoms with van der Waals surface area (Å²) in [6.07, 6.45) is 5.81. The number of pyridine rings is 1. The van der Waals surface area contributed by atoms with Crippen molar-refractivity contribution in [2.45, 2.75) is 11.8 Å². The van der Waals surface area contributed by atoms with Gasteiger partial charge in [0.1, 0.15) is 0 Å². The van der Waals surface area contributed by atoms with E-state index in [1.54, 1.807) is 18.6 Å². The molecule has 0 saturated heterocycles. The van der Waals surface area contributed by atoms with Gasteiger partial charge in [0.05, 0.1) is 12.1 Å². The van der Waals surface area contributed by atoms with Crippen LogP contribution in [0.25, 0.3) is 0 Å². The van der Waals surface area contributed by atoms with Crippen molar-refractivity contribution in [1.29, 1.82) is 0 Å². The number of rotatable bonds is 5. The predicted octanol–water partition coefficient (Wildman–Crippen LogP) is 3.54. The minimum Gasteiger partial charge on any atom is -0.273 e. The van der Waals surface area contributed by atoms with E-state index in [1.165, 1.54) is 11.1 Å². The van der Waals surface area contributed by atoms with Crippen LogP contribution in [0.1, 0.15) is 23.1 Å². The Hall–Kier alpha value is -3.27. The molecule has 0 bridgehead atoms. The van der Waals surface area contributed by atoms with Crippen LogP contribution in [-0.4, -0.2) is 17.1 Å².